The van der Waals surface area contributed by atoms with Crippen LogP contribution >= 0.6 is 0 Å². The molecular weight excluding hydrogens is 164 g/mol. The number of aliphatic hydroxyl groups excluding tert-OH is 1. The topological polar surface area (TPSA) is 29.5 Å². The smallest absolute Gasteiger partial charge is 0.108 e. The number of ether oxygens (including phenoxy) is 1. The lowest BCUT2D eigenvalue weighted by Crippen LogP contribution is -2.26. The first-order valence-corrected chi connectivity index (χ1v) is 4.61. The van der Waals surface area contributed by atoms with Gasteiger partial charge in [-0.25, -0.2) is 0 Å². The summed E-state index contributed by atoms with van der Waals surface area (Å²) in [6.07, 6.45) is 1.28. The molecule has 0 spiro atoms. The van der Waals surface area contributed by atoms with E-state index in [-0.39, 0.29) is 12.2 Å². The van der Waals surface area contributed by atoms with Gasteiger partial charge in [-0.3, -0.25) is 0 Å². The molecule has 0 aromatic heterocycles. The lowest BCUT2D eigenvalue weighted by atomic mass is 9.87. The Balaban J connectivity index is 2.39. The van der Waals surface area contributed by atoms with E-state index in [1.165, 1.54) is 5.56 Å². The standard InChI is InChI=1S/C11H14O2/c1-13-11-9-5-3-2-4-8(9)6-7-10(11)12/h2-5,10-12H,6-7H2,1H3/t10-,11-/m1/s1. The van der Waals surface area contributed by atoms with Gasteiger partial charge < -0.3 is 9.84 Å². The first-order valence-electron chi connectivity index (χ1n) is 4.61. The molecule has 0 radical (unpaired) electrons. The van der Waals surface area contributed by atoms with Crippen LogP contribution in [0.2, 0.25) is 0 Å². The highest BCUT2D eigenvalue weighted by Gasteiger charge is 2.27. The number of fused-ring (bicyclic) bond motifs is 1. The summed E-state index contributed by atoms with van der Waals surface area (Å²) in [6, 6.07) is 8.16. The highest BCUT2D eigenvalue weighted by Crippen LogP contribution is 2.31. The van der Waals surface area contributed by atoms with E-state index in [4.69, 9.17) is 4.74 Å². The molecule has 2 heteroatoms. The second-order valence-electron chi connectivity index (χ2n) is 3.46. The van der Waals surface area contributed by atoms with Crippen LogP contribution in [0.15, 0.2) is 24.3 Å². The number of hydrogen-bond acceptors (Lipinski definition) is 2. The van der Waals surface area contributed by atoms with Gasteiger partial charge in [-0.1, -0.05) is 24.3 Å². The van der Waals surface area contributed by atoms with E-state index < -0.39 is 0 Å². The van der Waals surface area contributed by atoms with E-state index in [2.05, 4.69) is 6.07 Å². The SMILES string of the molecule is CO[C@@H]1c2ccccc2CC[C@H]1O. The maximum Gasteiger partial charge on any atom is 0.108 e. The van der Waals surface area contributed by atoms with E-state index in [0.717, 1.165) is 18.4 Å². The second kappa shape index (κ2) is 3.48. The summed E-state index contributed by atoms with van der Waals surface area (Å²) in [5.41, 5.74) is 2.45. The predicted octanol–water partition coefficient (Wildman–Crippen LogP) is 1.68. The van der Waals surface area contributed by atoms with Gasteiger partial charge in [0.1, 0.15) is 6.10 Å². The summed E-state index contributed by atoms with van der Waals surface area (Å²) in [7, 11) is 1.65. The Kier molecular flexibility index (Phi) is 2.34. The monoisotopic (exact) mass is 178 g/mol. The molecule has 1 aliphatic rings. The lowest BCUT2D eigenvalue weighted by Gasteiger charge is -2.28. The molecule has 2 rings (SSSR count). The van der Waals surface area contributed by atoms with Crippen molar-refractivity contribution in [2.24, 2.45) is 0 Å². The van der Waals surface area contributed by atoms with Gasteiger partial charge in [-0.2, -0.15) is 0 Å². The zero-order valence-corrected chi connectivity index (χ0v) is 7.73. The van der Waals surface area contributed by atoms with Crippen molar-refractivity contribution >= 4 is 0 Å². The van der Waals surface area contributed by atoms with Crippen molar-refractivity contribution < 1.29 is 9.84 Å². The Bertz CT molecular complexity index is 296. The van der Waals surface area contributed by atoms with Gasteiger partial charge in [-0.15, -0.1) is 0 Å². The number of hydrogen-bond donors (Lipinski definition) is 1. The fourth-order valence-electron chi connectivity index (χ4n) is 1.99. The average Bonchev–Trinajstić information content (AvgIpc) is 2.18. The normalized spacial score (nSPS) is 26.9. The molecule has 0 saturated carbocycles. The predicted molar refractivity (Wildman–Crippen MR) is 50.5 cm³/mol. The van der Waals surface area contributed by atoms with Crippen molar-refractivity contribution in [3.8, 4) is 0 Å². The van der Waals surface area contributed by atoms with Crippen LogP contribution in [0.25, 0.3) is 0 Å². The first-order chi connectivity index (χ1) is 6.33. The number of aryl methyl sites for hydroxylation is 1. The third-order valence-corrected chi connectivity index (χ3v) is 2.67. The molecule has 70 valence electrons. The third kappa shape index (κ3) is 1.47. The van der Waals surface area contributed by atoms with Gasteiger partial charge in [-0.05, 0) is 24.0 Å². The van der Waals surface area contributed by atoms with Gasteiger partial charge >= 0.3 is 0 Å². The minimum Gasteiger partial charge on any atom is -0.390 e. The van der Waals surface area contributed by atoms with Crippen molar-refractivity contribution in [1.29, 1.82) is 0 Å². The maximum atomic E-state index is 9.69. The highest BCUT2D eigenvalue weighted by molar-refractivity contribution is 5.32. The highest BCUT2D eigenvalue weighted by atomic mass is 16.5. The van der Waals surface area contributed by atoms with Gasteiger partial charge in [0, 0.05) is 7.11 Å². The van der Waals surface area contributed by atoms with Gasteiger partial charge in [0.25, 0.3) is 0 Å². The molecular formula is C11H14O2. The zero-order chi connectivity index (χ0) is 9.26. The van der Waals surface area contributed by atoms with Crippen molar-refractivity contribution in [2.45, 2.75) is 25.0 Å². The van der Waals surface area contributed by atoms with E-state index in [1.54, 1.807) is 7.11 Å². The number of aliphatic hydroxyl groups is 1. The molecule has 1 aromatic rings. The van der Waals surface area contributed by atoms with E-state index >= 15 is 0 Å². The molecule has 0 bridgehead atoms. The Labute approximate surface area is 78.2 Å². The van der Waals surface area contributed by atoms with Crippen LogP contribution < -0.4 is 0 Å². The third-order valence-electron chi connectivity index (χ3n) is 2.67. The van der Waals surface area contributed by atoms with Crippen LogP contribution in [-0.4, -0.2) is 18.3 Å². The van der Waals surface area contributed by atoms with E-state index in [9.17, 15) is 5.11 Å². The van der Waals surface area contributed by atoms with Crippen molar-refractivity contribution in [3.05, 3.63) is 35.4 Å². The van der Waals surface area contributed by atoms with Crippen molar-refractivity contribution in [3.63, 3.8) is 0 Å². The zero-order valence-electron chi connectivity index (χ0n) is 7.73. The van der Waals surface area contributed by atoms with Crippen LogP contribution in [0.4, 0.5) is 0 Å². The molecule has 1 aromatic carbocycles. The Morgan fingerprint density at radius 2 is 2.15 bits per heavy atom. The Morgan fingerprint density at radius 1 is 1.38 bits per heavy atom. The quantitative estimate of drug-likeness (QED) is 0.709. The molecule has 0 saturated heterocycles. The molecule has 2 atom stereocenters. The van der Waals surface area contributed by atoms with E-state index in [0.29, 0.717) is 0 Å². The van der Waals surface area contributed by atoms with Crippen LogP contribution in [0.5, 0.6) is 0 Å². The maximum absolute atomic E-state index is 9.69. The first kappa shape index (κ1) is 8.73. The number of benzene rings is 1. The molecule has 1 aliphatic carbocycles. The summed E-state index contributed by atoms with van der Waals surface area (Å²) < 4.78 is 5.28. The van der Waals surface area contributed by atoms with Crippen molar-refractivity contribution in [2.75, 3.05) is 7.11 Å². The molecule has 0 aliphatic heterocycles. The Morgan fingerprint density at radius 3 is 2.92 bits per heavy atom. The van der Waals surface area contributed by atoms with Gasteiger partial charge in [0.2, 0.25) is 0 Å². The minimum absolute atomic E-state index is 0.134. The summed E-state index contributed by atoms with van der Waals surface area (Å²) in [4.78, 5) is 0. The second-order valence-corrected chi connectivity index (χ2v) is 3.46. The van der Waals surface area contributed by atoms with Gasteiger partial charge in [0.05, 0.1) is 6.10 Å². The molecule has 0 heterocycles. The van der Waals surface area contributed by atoms with Crippen LogP contribution in [0, 0.1) is 0 Å². The molecule has 0 unspecified atom stereocenters. The fourth-order valence-corrected chi connectivity index (χ4v) is 1.99. The van der Waals surface area contributed by atoms with Crippen LogP contribution in [0.3, 0.4) is 0 Å². The summed E-state index contributed by atoms with van der Waals surface area (Å²) in [6.45, 7) is 0. The summed E-state index contributed by atoms with van der Waals surface area (Å²) >= 11 is 0. The number of methoxy groups -OCH3 is 1. The Hall–Kier alpha value is -0.860. The number of rotatable bonds is 1. The molecule has 13 heavy (non-hydrogen) atoms. The minimum atomic E-state index is -0.347. The van der Waals surface area contributed by atoms with Crippen LogP contribution in [0.1, 0.15) is 23.7 Å². The fraction of sp³-hybridized carbons (Fsp3) is 0.455. The lowest BCUT2D eigenvalue weighted by molar-refractivity contribution is -0.0233. The van der Waals surface area contributed by atoms with E-state index in [1.807, 2.05) is 18.2 Å². The molecule has 2 nitrogen and oxygen atoms in total. The summed E-state index contributed by atoms with van der Waals surface area (Å²) in [5, 5.41) is 9.69. The molecule has 1 N–H and O–H groups in total. The average molecular weight is 178 g/mol. The molecule has 0 fully saturated rings. The van der Waals surface area contributed by atoms with Crippen LogP contribution in [-0.2, 0) is 11.2 Å². The van der Waals surface area contributed by atoms with Crippen molar-refractivity contribution in [1.82, 2.24) is 0 Å². The summed E-state index contributed by atoms with van der Waals surface area (Å²) in [5.74, 6) is 0. The molecule has 0 amide bonds. The largest absolute Gasteiger partial charge is 0.390 e. The van der Waals surface area contributed by atoms with Gasteiger partial charge in [0.15, 0.2) is 0 Å².